The summed E-state index contributed by atoms with van der Waals surface area (Å²) in [6.45, 7) is 2.04. The van der Waals surface area contributed by atoms with Crippen molar-refractivity contribution in [3.63, 3.8) is 0 Å². The van der Waals surface area contributed by atoms with Crippen molar-refractivity contribution in [2.24, 2.45) is 0 Å². The first-order valence-electron chi connectivity index (χ1n) is 5.28. The largest absolute Gasteiger partial charge is 0.494 e. The molecule has 2 unspecified atom stereocenters. The van der Waals surface area contributed by atoms with Crippen molar-refractivity contribution < 1.29 is 9.53 Å². The van der Waals surface area contributed by atoms with Crippen LogP contribution in [0.4, 0.5) is 0 Å². The molecular weight excluding hydrogens is 278 g/mol. The van der Waals surface area contributed by atoms with Gasteiger partial charge in [-0.3, -0.25) is 4.79 Å². The molecule has 0 amide bonds. The van der Waals surface area contributed by atoms with E-state index in [9.17, 15) is 4.79 Å². The maximum Gasteiger partial charge on any atom is 0.168 e. The number of hydrogen-bond donors (Lipinski definition) is 0. The zero-order valence-electron chi connectivity index (χ0n) is 9.80. The lowest BCUT2D eigenvalue weighted by molar-refractivity contribution is 0.0977. The van der Waals surface area contributed by atoms with Crippen LogP contribution in [-0.2, 0) is 0 Å². The number of carbonyl (C=O) groups excluding carboxylic acids is 1. The van der Waals surface area contributed by atoms with E-state index >= 15 is 0 Å². The standard InChI is InChI=1S/C12H15Cl2O2P/c1-7(17)3-6-10(15)11-8(13)4-5-9(14)12(11)16-2/h4-5,7H,3,6,17H2,1-2H3. The first-order valence-corrected chi connectivity index (χ1v) is 6.70. The second-order valence-electron chi connectivity index (χ2n) is 3.88. The number of halogens is 2. The van der Waals surface area contributed by atoms with E-state index in [1.54, 1.807) is 12.1 Å². The summed E-state index contributed by atoms with van der Waals surface area (Å²) in [5.74, 6) is 0.323. The first kappa shape index (κ1) is 14.8. The zero-order valence-corrected chi connectivity index (χ0v) is 12.5. The highest BCUT2D eigenvalue weighted by atomic mass is 35.5. The predicted octanol–water partition coefficient (Wildman–Crippen LogP) is 4.23. The summed E-state index contributed by atoms with van der Waals surface area (Å²) in [7, 11) is 4.14. The van der Waals surface area contributed by atoms with Crippen LogP contribution in [0, 0.1) is 0 Å². The Morgan fingerprint density at radius 3 is 2.53 bits per heavy atom. The minimum atomic E-state index is -0.0383. The van der Waals surface area contributed by atoms with Gasteiger partial charge in [0.2, 0.25) is 0 Å². The molecule has 0 spiro atoms. The van der Waals surface area contributed by atoms with Gasteiger partial charge in [-0.05, 0) is 24.2 Å². The molecule has 0 radical (unpaired) electrons. The number of ketones is 1. The summed E-state index contributed by atoms with van der Waals surface area (Å²) in [5, 5.41) is 0.784. The third-order valence-electron chi connectivity index (χ3n) is 2.37. The van der Waals surface area contributed by atoms with Gasteiger partial charge in [0.1, 0.15) is 5.75 Å². The smallest absolute Gasteiger partial charge is 0.168 e. The number of benzene rings is 1. The summed E-state index contributed by atoms with van der Waals surface area (Å²) in [4.78, 5) is 12.1. The summed E-state index contributed by atoms with van der Waals surface area (Å²) in [6.07, 6.45) is 1.22. The number of hydrogen-bond acceptors (Lipinski definition) is 2. The quantitative estimate of drug-likeness (QED) is 0.600. The van der Waals surface area contributed by atoms with Crippen LogP contribution in [-0.4, -0.2) is 18.6 Å². The molecule has 0 saturated carbocycles. The maximum atomic E-state index is 12.1. The second kappa shape index (κ2) is 6.58. The highest BCUT2D eigenvalue weighted by Gasteiger charge is 2.19. The van der Waals surface area contributed by atoms with Gasteiger partial charge in [-0.2, -0.15) is 0 Å². The predicted molar refractivity (Wildman–Crippen MR) is 75.8 cm³/mol. The SMILES string of the molecule is COc1c(Cl)ccc(Cl)c1C(=O)CCC(C)P. The molecule has 1 aromatic carbocycles. The number of rotatable bonds is 5. The van der Waals surface area contributed by atoms with Crippen molar-refractivity contribution in [3.8, 4) is 5.75 Å². The Labute approximate surface area is 114 Å². The Kier molecular flexibility index (Phi) is 5.72. The van der Waals surface area contributed by atoms with Crippen LogP contribution in [0.15, 0.2) is 12.1 Å². The molecule has 0 heterocycles. The number of carbonyl (C=O) groups is 1. The Balaban J connectivity index is 3.03. The van der Waals surface area contributed by atoms with Gasteiger partial charge in [-0.25, -0.2) is 0 Å². The Morgan fingerprint density at radius 1 is 1.41 bits per heavy atom. The fourth-order valence-electron chi connectivity index (χ4n) is 1.48. The van der Waals surface area contributed by atoms with Crippen molar-refractivity contribution >= 4 is 38.2 Å². The van der Waals surface area contributed by atoms with Crippen LogP contribution in [0.5, 0.6) is 5.75 Å². The van der Waals surface area contributed by atoms with Gasteiger partial charge >= 0.3 is 0 Å². The summed E-state index contributed by atoms with van der Waals surface area (Å²) in [5.41, 5.74) is 0.773. The van der Waals surface area contributed by atoms with E-state index in [1.165, 1.54) is 7.11 Å². The zero-order chi connectivity index (χ0) is 13.0. The molecule has 0 aliphatic rings. The number of methoxy groups -OCH3 is 1. The van der Waals surface area contributed by atoms with Gasteiger partial charge in [0.15, 0.2) is 5.78 Å². The molecule has 1 aromatic rings. The van der Waals surface area contributed by atoms with E-state index < -0.39 is 0 Å². The Hall–Kier alpha value is -0.300. The van der Waals surface area contributed by atoms with E-state index in [4.69, 9.17) is 27.9 Å². The average Bonchev–Trinajstić information content (AvgIpc) is 2.28. The number of Topliss-reactive ketones (excluding diaryl/α,β-unsaturated/α-hetero) is 1. The maximum absolute atomic E-state index is 12.1. The lowest BCUT2D eigenvalue weighted by Gasteiger charge is -2.11. The summed E-state index contributed by atoms with van der Waals surface area (Å²) >= 11 is 12.0. The minimum Gasteiger partial charge on any atom is -0.494 e. The lowest BCUT2D eigenvalue weighted by Crippen LogP contribution is -2.06. The molecule has 0 N–H and O–H groups in total. The lowest BCUT2D eigenvalue weighted by atomic mass is 10.0. The molecule has 17 heavy (non-hydrogen) atoms. The van der Waals surface area contributed by atoms with E-state index in [1.807, 2.05) is 6.92 Å². The van der Waals surface area contributed by atoms with Crippen LogP contribution in [0.25, 0.3) is 0 Å². The Morgan fingerprint density at radius 2 is 2.00 bits per heavy atom. The third kappa shape index (κ3) is 3.84. The van der Waals surface area contributed by atoms with Crippen molar-refractivity contribution in [2.45, 2.75) is 25.4 Å². The molecular formula is C12H15Cl2O2P. The molecule has 0 saturated heterocycles. The summed E-state index contributed by atoms with van der Waals surface area (Å²) in [6, 6.07) is 3.24. The third-order valence-corrected chi connectivity index (χ3v) is 3.31. The molecule has 0 bridgehead atoms. The molecule has 1 rings (SSSR count). The van der Waals surface area contributed by atoms with Crippen molar-refractivity contribution in [1.29, 1.82) is 0 Å². The highest BCUT2D eigenvalue weighted by Crippen LogP contribution is 2.35. The van der Waals surface area contributed by atoms with Crippen LogP contribution in [0.1, 0.15) is 30.1 Å². The molecule has 2 nitrogen and oxygen atoms in total. The van der Waals surface area contributed by atoms with Gasteiger partial charge in [-0.15, -0.1) is 9.24 Å². The fraction of sp³-hybridized carbons (Fsp3) is 0.417. The Bertz CT molecular complexity index is 419. The van der Waals surface area contributed by atoms with Crippen molar-refractivity contribution in [1.82, 2.24) is 0 Å². The molecule has 2 atom stereocenters. The van der Waals surface area contributed by atoms with E-state index in [0.29, 0.717) is 33.4 Å². The van der Waals surface area contributed by atoms with E-state index in [-0.39, 0.29) is 5.78 Å². The molecule has 0 aliphatic carbocycles. The van der Waals surface area contributed by atoms with E-state index in [2.05, 4.69) is 9.24 Å². The molecule has 0 aromatic heterocycles. The van der Waals surface area contributed by atoms with Crippen LogP contribution in [0.2, 0.25) is 10.0 Å². The van der Waals surface area contributed by atoms with Gasteiger partial charge in [0.05, 0.1) is 22.7 Å². The van der Waals surface area contributed by atoms with Gasteiger partial charge in [0.25, 0.3) is 0 Å². The number of ether oxygens (including phenoxy) is 1. The molecule has 0 aliphatic heterocycles. The van der Waals surface area contributed by atoms with Gasteiger partial charge < -0.3 is 4.74 Å². The summed E-state index contributed by atoms with van der Waals surface area (Å²) < 4.78 is 5.14. The van der Waals surface area contributed by atoms with Gasteiger partial charge in [-0.1, -0.05) is 30.1 Å². The minimum absolute atomic E-state index is 0.0383. The van der Waals surface area contributed by atoms with E-state index in [0.717, 1.165) is 6.42 Å². The van der Waals surface area contributed by atoms with Crippen molar-refractivity contribution in [2.75, 3.05) is 7.11 Å². The molecule has 5 heteroatoms. The van der Waals surface area contributed by atoms with Gasteiger partial charge in [0, 0.05) is 6.42 Å². The van der Waals surface area contributed by atoms with Crippen LogP contribution in [0.3, 0.4) is 0 Å². The first-order chi connectivity index (χ1) is 7.97. The highest BCUT2D eigenvalue weighted by molar-refractivity contribution is 7.17. The van der Waals surface area contributed by atoms with Crippen molar-refractivity contribution in [3.05, 3.63) is 27.7 Å². The molecule has 0 fully saturated rings. The topological polar surface area (TPSA) is 26.3 Å². The monoisotopic (exact) mass is 292 g/mol. The molecule has 94 valence electrons. The normalized spacial score (nSPS) is 12.3. The van der Waals surface area contributed by atoms with Crippen LogP contribution >= 0.6 is 32.4 Å². The average molecular weight is 293 g/mol. The van der Waals surface area contributed by atoms with Crippen LogP contribution < -0.4 is 4.74 Å². The fourth-order valence-corrected chi connectivity index (χ4v) is 2.13. The second-order valence-corrected chi connectivity index (χ2v) is 5.83.